The van der Waals surface area contributed by atoms with Gasteiger partial charge < -0.3 is 10.1 Å². The molecule has 0 spiro atoms. The fraction of sp³-hybridized carbons (Fsp3) is 0.385. The van der Waals surface area contributed by atoms with Crippen LogP contribution >= 0.6 is 15.9 Å². The number of nitrogens with one attached hydrogen (secondary N) is 1. The maximum atomic E-state index is 5.62. The summed E-state index contributed by atoms with van der Waals surface area (Å²) in [4.78, 5) is 0. The van der Waals surface area contributed by atoms with Crippen molar-refractivity contribution in [2.45, 2.75) is 19.9 Å². The van der Waals surface area contributed by atoms with E-state index >= 15 is 0 Å². The summed E-state index contributed by atoms with van der Waals surface area (Å²) in [5.41, 5.74) is 1.13. The van der Waals surface area contributed by atoms with Crippen molar-refractivity contribution in [3.8, 4) is 17.6 Å². The van der Waals surface area contributed by atoms with Crippen LogP contribution in [0.5, 0.6) is 5.75 Å². The lowest BCUT2D eigenvalue weighted by molar-refractivity contribution is 0.361. The van der Waals surface area contributed by atoms with Gasteiger partial charge in [0.15, 0.2) is 0 Å². The van der Waals surface area contributed by atoms with E-state index in [2.05, 4.69) is 46.1 Å². The second-order valence-corrected chi connectivity index (χ2v) is 4.32. The van der Waals surface area contributed by atoms with Gasteiger partial charge in [0.05, 0.1) is 0 Å². The highest BCUT2D eigenvalue weighted by Crippen LogP contribution is 2.28. The van der Waals surface area contributed by atoms with Crippen LogP contribution in [0, 0.1) is 11.8 Å². The third-order valence-corrected chi connectivity index (χ3v) is 2.84. The van der Waals surface area contributed by atoms with Gasteiger partial charge in [-0.1, -0.05) is 21.9 Å². The first-order valence-electron chi connectivity index (χ1n) is 5.18. The number of ether oxygens (including phenoxy) is 1. The summed E-state index contributed by atoms with van der Waals surface area (Å²) in [6.45, 7) is 4.34. The van der Waals surface area contributed by atoms with Crippen molar-refractivity contribution >= 4 is 15.9 Å². The molecule has 0 radical (unpaired) electrons. The fourth-order valence-corrected chi connectivity index (χ4v) is 1.71. The molecular weight excluding hydrogens is 266 g/mol. The Kier molecular flexibility index (Phi) is 5.37. The molecular formula is C13H16BrNO. The first-order chi connectivity index (χ1) is 7.69. The lowest BCUT2D eigenvalue weighted by Gasteiger charge is -2.15. The van der Waals surface area contributed by atoms with Gasteiger partial charge in [-0.2, -0.15) is 0 Å². The molecule has 1 aromatic rings. The van der Waals surface area contributed by atoms with E-state index in [4.69, 9.17) is 4.74 Å². The van der Waals surface area contributed by atoms with E-state index in [1.807, 2.05) is 26.1 Å². The van der Waals surface area contributed by atoms with E-state index in [0.29, 0.717) is 6.61 Å². The predicted octanol–water partition coefficient (Wildman–Crippen LogP) is 3.13. The molecule has 0 amide bonds. The molecule has 1 rings (SSSR count). The molecule has 0 saturated heterocycles. The lowest BCUT2D eigenvalue weighted by atomic mass is 10.1. The topological polar surface area (TPSA) is 21.3 Å². The highest BCUT2D eigenvalue weighted by molar-refractivity contribution is 9.10. The van der Waals surface area contributed by atoms with Gasteiger partial charge in [-0.3, -0.25) is 0 Å². The van der Waals surface area contributed by atoms with Crippen molar-refractivity contribution in [2.24, 2.45) is 0 Å². The molecule has 0 aliphatic heterocycles. The number of halogens is 1. The van der Waals surface area contributed by atoms with Crippen molar-refractivity contribution in [1.82, 2.24) is 5.32 Å². The molecule has 0 heterocycles. The Balaban J connectivity index is 2.91. The van der Waals surface area contributed by atoms with Gasteiger partial charge in [-0.25, -0.2) is 0 Å². The van der Waals surface area contributed by atoms with Gasteiger partial charge in [-0.15, -0.1) is 5.92 Å². The Labute approximate surface area is 106 Å². The van der Waals surface area contributed by atoms with Crippen molar-refractivity contribution < 1.29 is 4.74 Å². The minimum Gasteiger partial charge on any atom is -0.481 e. The van der Waals surface area contributed by atoms with Crippen molar-refractivity contribution in [2.75, 3.05) is 13.7 Å². The second kappa shape index (κ2) is 6.57. The second-order valence-electron chi connectivity index (χ2n) is 3.41. The average molecular weight is 282 g/mol. The SMILES string of the molecule is CC#CCOc1ccc(Br)cc1C(C)NC. The fourth-order valence-electron chi connectivity index (χ4n) is 1.33. The summed E-state index contributed by atoms with van der Waals surface area (Å²) >= 11 is 3.46. The molecule has 0 aromatic heterocycles. The molecule has 1 aromatic carbocycles. The van der Waals surface area contributed by atoms with Crippen LogP contribution in [0.2, 0.25) is 0 Å². The van der Waals surface area contributed by atoms with Crippen LogP contribution in [0.3, 0.4) is 0 Å². The van der Waals surface area contributed by atoms with Crippen LogP contribution in [-0.2, 0) is 0 Å². The third-order valence-electron chi connectivity index (χ3n) is 2.35. The van der Waals surface area contributed by atoms with Crippen LogP contribution in [0.25, 0.3) is 0 Å². The standard InChI is InChI=1S/C13H16BrNO/c1-4-5-8-16-13-7-6-11(14)9-12(13)10(2)15-3/h6-7,9-10,15H,8H2,1-3H3. The highest BCUT2D eigenvalue weighted by Gasteiger charge is 2.10. The maximum Gasteiger partial charge on any atom is 0.149 e. The summed E-state index contributed by atoms with van der Waals surface area (Å²) in [7, 11) is 1.93. The van der Waals surface area contributed by atoms with Crippen molar-refractivity contribution in [3.63, 3.8) is 0 Å². The van der Waals surface area contributed by atoms with Gasteiger partial charge in [0.2, 0.25) is 0 Å². The number of hydrogen-bond acceptors (Lipinski definition) is 2. The number of rotatable bonds is 4. The molecule has 1 N–H and O–H groups in total. The minimum atomic E-state index is 0.252. The quantitative estimate of drug-likeness (QED) is 0.857. The van der Waals surface area contributed by atoms with E-state index in [0.717, 1.165) is 15.8 Å². The molecule has 0 fully saturated rings. The Morgan fingerprint density at radius 2 is 2.25 bits per heavy atom. The number of hydrogen-bond donors (Lipinski definition) is 1. The predicted molar refractivity (Wildman–Crippen MR) is 70.6 cm³/mol. The molecule has 0 aliphatic rings. The molecule has 16 heavy (non-hydrogen) atoms. The Morgan fingerprint density at radius 3 is 2.88 bits per heavy atom. The molecule has 3 heteroatoms. The minimum absolute atomic E-state index is 0.252. The van der Waals surface area contributed by atoms with E-state index in [9.17, 15) is 0 Å². The molecule has 0 bridgehead atoms. The van der Waals surface area contributed by atoms with E-state index in [-0.39, 0.29) is 6.04 Å². The monoisotopic (exact) mass is 281 g/mol. The van der Waals surface area contributed by atoms with Gasteiger partial charge in [-0.05, 0) is 39.1 Å². The van der Waals surface area contributed by atoms with Crippen LogP contribution < -0.4 is 10.1 Å². The normalized spacial score (nSPS) is 11.5. The van der Waals surface area contributed by atoms with Crippen LogP contribution in [0.4, 0.5) is 0 Å². The van der Waals surface area contributed by atoms with E-state index in [1.54, 1.807) is 0 Å². The third kappa shape index (κ3) is 3.55. The van der Waals surface area contributed by atoms with E-state index < -0.39 is 0 Å². The molecule has 1 unspecified atom stereocenters. The summed E-state index contributed by atoms with van der Waals surface area (Å²) in [6.07, 6.45) is 0. The zero-order chi connectivity index (χ0) is 12.0. The summed E-state index contributed by atoms with van der Waals surface area (Å²) in [5, 5.41) is 3.20. The van der Waals surface area contributed by atoms with Crippen molar-refractivity contribution in [3.05, 3.63) is 28.2 Å². The van der Waals surface area contributed by atoms with Gasteiger partial charge >= 0.3 is 0 Å². The highest BCUT2D eigenvalue weighted by atomic mass is 79.9. The van der Waals surface area contributed by atoms with Gasteiger partial charge in [0.25, 0.3) is 0 Å². The first-order valence-corrected chi connectivity index (χ1v) is 5.97. The zero-order valence-corrected chi connectivity index (χ0v) is 11.4. The molecule has 0 saturated carbocycles. The zero-order valence-electron chi connectivity index (χ0n) is 9.80. The summed E-state index contributed by atoms with van der Waals surface area (Å²) in [6, 6.07) is 6.25. The average Bonchev–Trinajstić information content (AvgIpc) is 2.30. The summed E-state index contributed by atoms with van der Waals surface area (Å²) < 4.78 is 6.68. The summed E-state index contributed by atoms with van der Waals surface area (Å²) in [5.74, 6) is 6.59. The Bertz CT molecular complexity index is 406. The van der Waals surface area contributed by atoms with Crippen LogP contribution in [0.15, 0.2) is 22.7 Å². The molecule has 86 valence electrons. The molecule has 0 aliphatic carbocycles. The van der Waals surface area contributed by atoms with E-state index in [1.165, 1.54) is 0 Å². The van der Waals surface area contributed by atoms with Gasteiger partial charge in [0.1, 0.15) is 12.4 Å². The largest absolute Gasteiger partial charge is 0.481 e. The van der Waals surface area contributed by atoms with Gasteiger partial charge in [0, 0.05) is 16.1 Å². The number of benzene rings is 1. The molecule has 2 nitrogen and oxygen atoms in total. The van der Waals surface area contributed by atoms with Crippen molar-refractivity contribution in [1.29, 1.82) is 0 Å². The Hall–Kier alpha value is -0.980. The molecule has 1 atom stereocenters. The first kappa shape index (κ1) is 13.1. The van der Waals surface area contributed by atoms with Crippen LogP contribution in [-0.4, -0.2) is 13.7 Å². The lowest BCUT2D eigenvalue weighted by Crippen LogP contribution is -2.14. The maximum absolute atomic E-state index is 5.62. The smallest absolute Gasteiger partial charge is 0.149 e. The van der Waals surface area contributed by atoms with Crippen LogP contribution in [0.1, 0.15) is 25.5 Å². The Morgan fingerprint density at radius 1 is 1.50 bits per heavy atom.